The molecule has 0 fully saturated rings. The number of sulfonamides is 1. The molecule has 1 N–H and O–H groups in total. The van der Waals surface area contributed by atoms with Crippen molar-refractivity contribution in [3.8, 4) is 5.75 Å². The first-order valence-corrected chi connectivity index (χ1v) is 8.90. The predicted octanol–water partition coefficient (Wildman–Crippen LogP) is 2.46. The summed E-state index contributed by atoms with van der Waals surface area (Å²) in [6.07, 6.45) is 0. The molecule has 1 aliphatic rings. The summed E-state index contributed by atoms with van der Waals surface area (Å²) in [7, 11) is -2.18. The number of nitrogens with zero attached hydrogens (tertiary/aromatic N) is 1. The zero-order valence-corrected chi connectivity index (χ0v) is 14.5. The van der Waals surface area contributed by atoms with Crippen LogP contribution in [-0.4, -0.2) is 28.0 Å². The number of benzene rings is 2. The monoisotopic (exact) mass is 346 g/mol. The molecule has 0 unspecified atom stereocenters. The molecular weight excluding hydrogens is 328 g/mol. The minimum Gasteiger partial charge on any atom is -0.482 e. The molecule has 6 nitrogen and oxygen atoms in total. The molecule has 0 saturated carbocycles. The largest absolute Gasteiger partial charge is 0.482 e. The van der Waals surface area contributed by atoms with E-state index in [9.17, 15) is 13.2 Å². The van der Waals surface area contributed by atoms with E-state index in [4.69, 9.17) is 4.74 Å². The van der Waals surface area contributed by atoms with Crippen LogP contribution in [0.5, 0.6) is 5.75 Å². The van der Waals surface area contributed by atoms with Gasteiger partial charge in [-0.3, -0.25) is 9.52 Å². The Kier molecular flexibility index (Phi) is 3.96. The molecule has 2 aromatic carbocycles. The Labute approximate surface area is 141 Å². The van der Waals surface area contributed by atoms with Gasteiger partial charge >= 0.3 is 0 Å². The Balaban J connectivity index is 2.01. The van der Waals surface area contributed by atoms with E-state index >= 15 is 0 Å². The standard InChI is InChI=1S/C17H18N2O4S/c1-11-5-4-6-12(2)17(11)18-24(21,22)13-7-8-15-14(9-13)19(3)16(20)10-23-15/h4-9,18H,10H2,1-3H3. The zero-order valence-electron chi connectivity index (χ0n) is 13.7. The van der Waals surface area contributed by atoms with Crippen molar-refractivity contribution in [1.29, 1.82) is 0 Å². The lowest BCUT2D eigenvalue weighted by Gasteiger charge is -2.26. The van der Waals surface area contributed by atoms with Gasteiger partial charge in [0, 0.05) is 7.05 Å². The number of nitrogens with one attached hydrogen (secondary N) is 1. The van der Waals surface area contributed by atoms with Crippen molar-refractivity contribution in [3.63, 3.8) is 0 Å². The van der Waals surface area contributed by atoms with Crippen molar-refractivity contribution in [3.05, 3.63) is 47.5 Å². The van der Waals surface area contributed by atoms with Gasteiger partial charge in [0.2, 0.25) is 0 Å². The molecule has 0 saturated heterocycles. The third kappa shape index (κ3) is 2.82. The highest BCUT2D eigenvalue weighted by atomic mass is 32.2. The number of ether oxygens (including phenoxy) is 1. The molecule has 2 aromatic rings. The van der Waals surface area contributed by atoms with E-state index in [-0.39, 0.29) is 17.4 Å². The molecule has 1 heterocycles. The number of anilines is 2. The van der Waals surface area contributed by atoms with E-state index in [1.165, 1.54) is 17.0 Å². The summed E-state index contributed by atoms with van der Waals surface area (Å²) < 4.78 is 33.4. The fraction of sp³-hybridized carbons (Fsp3) is 0.235. The Morgan fingerprint density at radius 3 is 2.46 bits per heavy atom. The van der Waals surface area contributed by atoms with Crippen LogP contribution in [0.2, 0.25) is 0 Å². The van der Waals surface area contributed by atoms with Gasteiger partial charge in [-0.05, 0) is 43.2 Å². The number of fused-ring (bicyclic) bond motifs is 1. The first-order valence-electron chi connectivity index (χ1n) is 7.42. The molecule has 3 rings (SSSR count). The van der Waals surface area contributed by atoms with Crippen LogP contribution in [0.15, 0.2) is 41.3 Å². The molecule has 0 atom stereocenters. The number of hydrogen-bond donors (Lipinski definition) is 1. The van der Waals surface area contributed by atoms with Gasteiger partial charge in [0.1, 0.15) is 5.75 Å². The van der Waals surface area contributed by atoms with E-state index in [0.717, 1.165) is 11.1 Å². The first-order chi connectivity index (χ1) is 11.3. The second kappa shape index (κ2) is 5.83. The van der Waals surface area contributed by atoms with Crippen LogP contribution in [0.4, 0.5) is 11.4 Å². The van der Waals surface area contributed by atoms with Gasteiger partial charge in [0.05, 0.1) is 16.3 Å². The Hall–Kier alpha value is -2.54. The van der Waals surface area contributed by atoms with Crippen molar-refractivity contribution >= 4 is 27.3 Å². The van der Waals surface area contributed by atoms with E-state index in [2.05, 4.69) is 4.72 Å². The molecule has 1 aliphatic heterocycles. The fourth-order valence-electron chi connectivity index (χ4n) is 2.59. The number of amides is 1. The SMILES string of the molecule is Cc1cccc(C)c1NS(=O)(=O)c1ccc2c(c1)N(C)C(=O)CO2. The normalized spacial score (nSPS) is 14.1. The molecule has 7 heteroatoms. The van der Waals surface area contributed by atoms with Crippen LogP contribution in [0, 0.1) is 13.8 Å². The van der Waals surface area contributed by atoms with Crippen LogP contribution in [0.1, 0.15) is 11.1 Å². The highest BCUT2D eigenvalue weighted by Crippen LogP contribution is 2.34. The maximum atomic E-state index is 12.7. The summed E-state index contributed by atoms with van der Waals surface area (Å²) in [5.74, 6) is 0.267. The highest BCUT2D eigenvalue weighted by molar-refractivity contribution is 7.92. The van der Waals surface area contributed by atoms with Crippen molar-refractivity contribution in [2.45, 2.75) is 18.7 Å². The lowest BCUT2D eigenvalue weighted by molar-refractivity contribution is -0.120. The lowest BCUT2D eigenvalue weighted by atomic mass is 10.1. The van der Waals surface area contributed by atoms with Gasteiger partial charge in [-0.2, -0.15) is 0 Å². The predicted molar refractivity (Wildman–Crippen MR) is 92.1 cm³/mol. The minimum atomic E-state index is -3.78. The first kappa shape index (κ1) is 16.3. The van der Waals surface area contributed by atoms with Gasteiger partial charge in [-0.15, -0.1) is 0 Å². The zero-order chi connectivity index (χ0) is 17.5. The number of likely N-dealkylation sites (N-methyl/N-ethyl adjacent to an activating group) is 1. The van der Waals surface area contributed by atoms with Crippen molar-refractivity contribution in [2.75, 3.05) is 23.3 Å². The van der Waals surface area contributed by atoms with Crippen LogP contribution >= 0.6 is 0 Å². The molecule has 0 aliphatic carbocycles. The summed E-state index contributed by atoms with van der Waals surface area (Å²) >= 11 is 0. The number of aryl methyl sites for hydroxylation is 2. The summed E-state index contributed by atoms with van der Waals surface area (Å²) in [5, 5.41) is 0. The van der Waals surface area contributed by atoms with Gasteiger partial charge in [0.15, 0.2) is 6.61 Å². The van der Waals surface area contributed by atoms with Crippen molar-refractivity contribution in [1.82, 2.24) is 0 Å². The third-order valence-corrected chi connectivity index (χ3v) is 5.39. The topological polar surface area (TPSA) is 75.7 Å². The summed E-state index contributed by atoms with van der Waals surface area (Å²) in [5.41, 5.74) is 2.69. The van der Waals surface area contributed by atoms with E-state index < -0.39 is 10.0 Å². The lowest BCUT2D eigenvalue weighted by Crippen LogP contribution is -2.35. The van der Waals surface area contributed by atoms with Gasteiger partial charge in [0.25, 0.3) is 15.9 Å². The Morgan fingerprint density at radius 2 is 1.79 bits per heavy atom. The quantitative estimate of drug-likeness (QED) is 0.926. The van der Waals surface area contributed by atoms with Crippen LogP contribution < -0.4 is 14.4 Å². The minimum absolute atomic E-state index is 0.0454. The summed E-state index contributed by atoms with van der Waals surface area (Å²) in [6, 6.07) is 10.0. The second-order valence-corrected chi connectivity index (χ2v) is 7.43. The van der Waals surface area contributed by atoms with Gasteiger partial charge in [-0.1, -0.05) is 18.2 Å². The summed E-state index contributed by atoms with van der Waals surface area (Å²) in [4.78, 5) is 13.2. The molecule has 1 amide bonds. The maximum absolute atomic E-state index is 12.7. The van der Waals surface area contributed by atoms with Crippen LogP contribution in [0.3, 0.4) is 0 Å². The van der Waals surface area contributed by atoms with Gasteiger partial charge in [-0.25, -0.2) is 8.42 Å². The molecule has 0 spiro atoms. The van der Waals surface area contributed by atoms with E-state index in [1.54, 1.807) is 13.1 Å². The number of hydrogen-bond acceptors (Lipinski definition) is 4. The smallest absolute Gasteiger partial charge is 0.264 e. The van der Waals surface area contributed by atoms with Crippen molar-refractivity contribution < 1.29 is 17.9 Å². The maximum Gasteiger partial charge on any atom is 0.264 e. The second-order valence-electron chi connectivity index (χ2n) is 5.74. The van der Waals surface area contributed by atoms with Gasteiger partial charge < -0.3 is 9.64 Å². The Morgan fingerprint density at radius 1 is 1.12 bits per heavy atom. The summed E-state index contributed by atoms with van der Waals surface area (Å²) in [6.45, 7) is 3.65. The molecule has 0 aromatic heterocycles. The average molecular weight is 346 g/mol. The molecule has 126 valence electrons. The van der Waals surface area contributed by atoms with Crippen molar-refractivity contribution in [2.24, 2.45) is 0 Å². The van der Waals surface area contributed by atoms with Crippen LogP contribution in [-0.2, 0) is 14.8 Å². The number of carbonyl (C=O) groups is 1. The number of carbonyl (C=O) groups excluding carboxylic acids is 1. The van der Waals surface area contributed by atoms with Crippen LogP contribution in [0.25, 0.3) is 0 Å². The average Bonchev–Trinajstić information content (AvgIpc) is 2.54. The highest BCUT2D eigenvalue weighted by Gasteiger charge is 2.25. The Bertz CT molecular complexity index is 902. The number of para-hydroxylation sites is 1. The van der Waals surface area contributed by atoms with E-state index in [0.29, 0.717) is 17.1 Å². The number of rotatable bonds is 3. The molecule has 24 heavy (non-hydrogen) atoms. The third-order valence-electron chi connectivity index (χ3n) is 4.04. The molecular formula is C17H18N2O4S. The molecule has 0 bridgehead atoms. The van der Waals surface area contributed by atoms with E-state index in [1.807, 2.05) is 32.0 Å². The fourth-order valence-corrected chi connectivity index (χ4v) is 3.81. The molecule has 0 radical (unpaired) electrons.